The maximum Gasteiger partial charge on any atom is 0.470 e. The summed E-state index contributed by atoms with van der Waals surface area (Å²) in [6, 6.07) is 0. The van der Waals surface area contributed by atoms with E-state index in [0.717, 1.165) is 0 Å². The minimum atomic E-state index is -5.01. The Morgan fingerprint density at radius 2 is 1.06 bits per heavy atom. The predicted octanol–water partition coefficient (Wildman–Crippen LogP) is -3.72. The van der Waals surface area contributed by atoms with Crippen LogP contribution in [0.5, 0.6) is 0 Å². The Labute approximate surface area is 89.8 Å². The van der Waals surface area contributed by atoms with Crippen molar-refractivity contribution in [3.05, 3.63) is 0 Å². The summed E-state index contributed by atoms with van der Waals surface area (Å²) >= 11 is 0. The molecule has 1 rings (SSSR count). The summed E-state index contributed by atoms with van der Waals surface area (Å²) in [5.74, 6) is 0. The third-order valence-corrected chi connectivity index (χ3v) is 2.85. The van der Waals surface area contributed by atoms with Gasteiger partial charge in [-0.3, -0.25) is 4.52 Å². The van der Waals surface area contributed by atoms with Crippen LogP contribution in [0.3, 0.4) is 0 Å². The molecule has 1 fully saturated rings. The third-order valence-electron chi connectivity index (χ3n) is 2.33. The Kier molecular flexibility index (Phi) is 4.06. The Hall–Kier alpha value is -0.0900. The highest BCUT2D eigenvalue weighted by Crippen LogP contribution is 2.41. The molecule has 0 aromatic heterocycles. The van der Waals surface area contributed by atoms with E-state index in [1.165, 1.54) is 0 Å². The average molecular weight is 260 g/mol. The average Bonchev–Trinajstić information content (AvgIpc) is 2.17. The maximum absolute atomic E-state index is 10.5. The van der Waals surface area contributed by atoms with Crippen molar-refractivity contribution >= 4 is 7.82 Å². The SMILES string of the molecule is O=P(O)(O)OC1[C@H](O)[C@H](O)C(O)[C@H](O)[C@H]1O. The molecule has 0 aliphatic heterocycles. The van der Waals surface area contributed by atoms with Gasteiger partial charge in [-0.05, 0) is 0 Å². The van der Waals surface area contributed by atoms with Crippen molar-refractivity contribution < 1.29 is 44.4 Å². The summed E-state index contributed by atoms with van der Waals surface area (Å²) in [6.45, 7) is 0. The van der Waals surface area contributed by atoms with Crippen LogP contribution in [-0.2, 0) is 9.09 Å². The van der Waals surface area contributed by atoms with Gasteiger partial charge in [-0.1, -0.05) is 0 Å². The van der Waals surface area contributed by atoms with E-state index in [1.54, 1.807) is 0 Å². The van der Waals surface area contributed by atoms with Gasteiger partial charge in [0.1, 0.15) is 36.6 Å². The van der Waals surface area contributed by atoms with Crippen LogP contribution < -0.4 is 0 Å². The molecule has 9 nitrogen and oxygen atoms in total. The van der Waals surface area contributed by atoms with Crippen LogP contribution in [0.1, 0.15) is 0 Å². The van der Waals surface area contributed by atoms with Gasteiger partial charge in [-0.15, -0.1) is 0 Å². The van der Waals surface area contributed by atoms with Crippen molar-refractivity contribution in [3.63, 3.8) is 0 Å². The lowest BCUT2D eigenvalue weighted by Crippen LogP contribution is -2.64. The number of aliphatic hydroxyl groups excluding tert-OH is 5. The van der Waals surface area contributed by atoms with Crippen LogP contribution in [0.2, 0.25) is 0 Å². The van der Waals surface area contributed by atoms with Gasteiger partial charge < -0.3 is 35.3 Å². The summed E-state index contributed by atoms with van der Waals surface area (Å²) in [5, 5.41) is 46.1. The fourth-order valence-electron chi connectivity index (χ4n) is 1.48. The van der Waals surface area contributed by atoms with E-state index >= 15 is 0 Å². The van der Waals surface area contributed by atoms with E-state index in [1.807, 2.05) is 0 Å². The van der Waals surface area contributed by atoms with E-state index in [2.05, 4.69) is 4.52 Å². The lowest BCUT2D eigenvalue weighted by Gasteiger charge is -2.41. The number of hydrogen-bond acceptors (Lipinski definition) is 7. The Morgan fingerprint density at radius 1 is 0.750 bits per heavy atom. The van der Waals surface area contributed by atoms with E-state index in [9.17, 15) is 25.0 Å². The van der Waals surface area contributed by atoms with Gasteiger partial charge >= 0.3 is 7.82 Å². The van der Waals surface area contributed by atoms with Gasteiger partial charge in [-0.2, -0.15) is 0 Å². The van der Waals surface area contributed by atoms with Crippen LogP contribution in [0, 0.1) is 0 Å². The second-order valence-electron chi connectivity index (χ2n) is 3.51. The molecule has 0 amide bonds. The maximum atomic E-state index is 10.5. The normalized spacial score (nSPS) is 45.7. The summed E-state index contributed by atoms with van der Waals surface area (Å²) in [4.78, 5) is 17.0. The molecule has 0 aromatic carbocycles. The van der Waals surface area contributed by atoms with Crippen molar-refractivity contribution in [2.45, 2.75) is 36.6 Å². The zero-order chi connectivity index (χ0) is 12.7. The second-order valence-corrected chi connectivity index (χ2v) is 4.71. The largest absolute Gasteiger partial charge is 0.470 e. The Morgan fingerprint density at radius 3 is 1.38 bits per heavy atom. The minimum absolute atomic E-state index is 1.83. The number of aliphatic hydroxyl groups is 5. The minimum Gasteiger partial charge on any atom is -0.387 e. The number of hydrogen-bond donors (Lipinski definition) is 7. The first kappa shape index (κ1) is 14.0. The van der Waals surface area contributed by atoms with Gasteiger partial charge in [0.2, 0.25) is 0 Å². The predicted molar refractivity (Wildman–Crippen MR) is 47.0 cm³/mol. The highest BCUT2D eigenvalue weighted by Gasteiger charge is 2.50. The van der Waals surface area contributed by atoms with Crippen LogP contribution in [0.15, 0.2) is 0 Å². The summed E-state index contributed by atoms with van der Waals surface area (Å²) < 4.78 is 14.5. The van der Waals surface area contributed by atoms with Crippen molar-refractivity contribution in [1.82, 2.24) is 0 Å². The van der Waals surface area contributed by atoms with Crippen molar-refractivity contribution in [3.8, 4) is 0 Å². The van der Waals surface area contributed by atoms with Crippen LogP contribution in [-0.4, -0.2) is 71.9 Å². The Bertz CT molecular complexity index is 274. The van der Waals surface area contributed by atoms with Gasteiger partial charge in [0, 0.05) is 0 Å². The number of phosphoric acid groups is 1. The monoisotopic (exact) mass is 260 g/mol. The smallest absolute Gasteiger partial charge is 0.387 e. The second kappa shape index (κ2) is 4.65. The van der Waals surface area contributed by atoms with E-state index < -0.39 is 44.4 Å². The molecule has 1 saturated carbocycles. The first-order valence-electron chi connectivity index (χ1n) is 4.29. The molecule has 0 bridgehead atoms. The first-order valence-corrected chi connectivity index (χ1v) is 5.82. The van der Waals surface area contributed by atoms with E-state index in [0.29, 0.717) is 0 Å². The van der Waals surface area contributed by atoms with Crippen molar-refractivity contribution in [1.29, 1.82) is 0 Å². The molecule has 0 radical (unpaired) electrons. The molecule has 1 aliphatic rings. The number of rotatable bonds is 2. The van der Waals surface area contributed by atoms with Gasteiger partial charge in [0.05, 0.1) is 0 Å². The zero-order valence-corrected chi connectivity index (χ0v) is 8.75. The third kappa shape index (κ3) is 2.77. The fraction of sp³-hybridized carbons (Fsp3) is 1.00. The number of phosphoric ester groups is 1. The van der Waals surface area contributed by atoms with E-state index in [-0.39, 0.29) is 0 Å². The highest BCUT2D eigenvalue weighted by atomic mass is 31.2. The van der Waals surface area contributed by atoms with Gasteiger partial charge in [0.15, 0.2) is 0 Å². The molecule has 6 atom stereocenters. The van der Waals surface area contributed by atoms with E-state index in [4.69, 9.17) is 14.9 Å². The zero-order valence-electron chi connectivity index (χ0n) is 7.86. The standard InChI is InChI=1S/C6H13O9P/c7-1-2(8)4(10)6(5(11)3(1)9)15-16(12,13)14/h1-11H,(H2,12,13,14)/t1?,2-,3+,4-,5-,6?/m1/s1. The summed E-state index contributed by atoms with van der Waals surface area (Å²) in [7, 11) is -5.01. The van der Waals surface area contributed by atoms with Crippen molar-refractivity contribution in [2.75, 3.05) is 0 Å². The highest BCUT2D eigenvalue weighted by molar-refractivity contribution is 7.46. The molecular formula is C6H13O9P. The molecule has 7 N–H and O–H groups in total. The topological polar surface area (TPSA) is 168 Å². The lowest BCUT2D eigenvalue weighted by atomic mass is 9.85. The molecule has 0 spiro atoms. The molecule has 0 aromatic rings. The molecule has 10 heteroatoms. The quantitative estimate of drug-likeness (QED) is 0.247. The molecule has 2 unspecified atom stereocenters. The van der Waals surface area contributed by atoms with Gasteiger partial charge in [-0.25, -0.2) is 4.57 Å². The van der Waals surface area contributed by atoms with Crippen molar-refractivity contribution in [2.24, 2.45) is 0 Å². The molecule has 16 heavy (non-hydrogen) atoms. The van der Waals surface area contributed by atoms with Gasteiger partial charge in [0.25, 0.3) is 0 Å². The molecular weight excluding hydrogens is 247 g/mol. The van der Waals surface area contributed by atoms with Crippen LogP contribution in [0.25, 0.3) is 0 Å². The lowest BCUT2D eigenvalue weighted by molar-refractivity contribution is -0.219. The summed E-state index contributed by atoms with van der Waals surface area (Å²) in [5.41, 5.74) is 0. The molecule has 96 valence electrons. The molecule has 0 saturated heterocycles. The van der Waals surface area contributed by atoms with Crippen LogP contribution >= 0.6 is 7.82 Å². The molecule has 0 heterocycles. The van der Waals surface area contributed by atoms with Crippen LogP contribution in [0.4, 0.5) is 0 Å². The Balaban J connectivity index is 2.87. The first-order chi connectivity index (χ1) is 7.15. The summed E-state index contributed by atoms with van der Waals surface area (Å²) in [6.07, 6.45) is -11.3. The molecule has 1 aliphatic carbocycles. The fourth-order valence-corrected chi connectivity index (χ4v) is 2.05.